The summed E-state index contributed by atoms with van der Waals surface area (Å²) in [5.41, 5.74) is 8.04. The molecule has 0 radical (unpaired) electrons. The molecule has 3 aliphatic rings. The largest absolute Gasteiger partial charge is 0.396 e. The van der Waals surface area contributed by atoms with E-state index in [4.69, 9.17) is 46.5 Å². The number of imidazole rings is 2. The third-order valence-corrected chi connectivity index (χ3v) is 9.79. The highest BCUT2D eigenvalue weighted by Crippen LogP contribution is 2.54. The highest BCUT2D eigenvalue weighted by molar-refractivity contribution is 8.07. The lowest BCUT2D eigenvalue weighted by molar-refractivity contribution is -0.177. The van der Waals surface area contributed by atoms with Gasteiger partial charge in [-0.05, 0) is 11.8 Å². The quantitative estimate of drug-likeness (QED) is 0.108. The summed E-state index contributed by atoms with van der Waals surface area (Å²) in [4.78, 5) is 46.1. The van der Waals surface area contributed by atoms with E-state index < -0.39 is 73.9 Å². The van der Waals surface area contributed by atoms with Crippen LogP contribution in [0.5, 0.6) is 0 Å². The Morgan fingerprint density at radius 3 is 2.64 bits per heavy atom. The lowest BCUT2D eigenvalue weighted by atomic mass is 9.96. The number of halogens is 1. The summed E-state index contributed by atoms with van der Waals surface area (Å²) in [5.74, 6) is -0.0291. The highest BCUT2D eigenvalue weighted by Gasteiger charge is 2.62. The van der Waals surface area contributed by atoms with Gasteiger partial charge in [0.25, 0.3) is 5.56 Å². The Morgan fingerprint density at radius 1 is 1.11 bits per heavy atom. The van der Waals surface area contributed by atoms with Gasteiger partial charge in [-0.25, -0.2) is 24.3 Å². The van der Waals surface area contributed by atoms with Crippen LogP contribution in [0.15, 0.2) is 23.8 Å². The van der Waals surface area contributed by atoms with Crippen molar-refractivity contribution in [3.8, 4) is 0 Å². The maximum Gasteiger partial charge on any atom is 0.325 e. The normalized spacial score (nSPS) is 32.6. The number of rotatable bonds is 10. The van der Waals surface area contributed by atoms with Crippen LogP contribution in [0.4, 0.5) is 16.2 Å². The van der Waals surface area contributed by atoms with Gasteiger partial charge < -0.3 is 45.3 Å². The van der Waals surface area contributed by atoms with E-state index in [0.29, 0.717) is 11.2 Å². The van der Waals surface area contributed by atoms with Gasteiger partial charge in [0.05, 0.1) is 32.5 Å². The number of anilines is 2. The number of alkyl halides is 1. The van der Waals surface area contributed by atoms with Gasteiger partial charge in [0.1, 0.15) is 35.8 Å². The summed E-state index contributed by atoms with van der Waals surface area (Å²) in [6.07, 6.45) is -2.07. The Bertz CT molecular complexity index is 1880. The van der Waals surface area contributed by atoms with Crippen molar-refractivity contribution in [2.45, 2.75) is 54.9 Å². The first-order valence-electron chi connectivity index (χ1n) is 13.7. The number of fused-ring (bicyclic) bond motifs is 4. The number of nitrogen functional groups attached to an aromatic ring is 2. The van der Waals surface area contributed by atoms with Crippen LogP contribution in [0.2, 0.25) is 0 Å². The van der Waals surface area contributed by atoms with E-state index in [1.807, 2.05) is 0 Å². The molecule has 242 valence electrons. The average molecular weight is 671 g/mol. The molecule has 8 N–H and O–H groups in total. The molecule has 0 amide bonds. The molecule has 7 rings (SSSR count). The highest BCUT2D eigenvalue weighted by atomic mass is 32.5. The Balaban J connectivity index is 1.08. The molecule has 0 aliphatic carbocycles. The summed E-state index contributed by atoms with van der Waals surface area (Å²) in [6, 6.07) is 0. The smallest absolute Gasteiger partial charge is 0.325 e. The monoisotopic (exact) mass is 670 g/mol. The van der Waals surface area contributed by atoms with Crippen molar-refractivity contribution in [2.24, 2.45) is 0 Å². The number of nitrogens with two attached hydrogens (primary N) is 2. The first-order chi connectivity index (χ1) is 21.5. The summed E-state index contributed by atoms with van der Waals surface area (Å²) in [6.45, 7) is -5.57. The summed E-state index contributed by atoms with van der Waals surface area (Å²) >= 11 is 5.24. The van der Waals surface area contributed by atoms with E-state index in [2.05, 4.69) is 29.9 Å². The van der Waals surface area contributed by atoms with Gasteiger partial charge in [-0.15, -0.1) is 0 Å². The fourth-order valence-electron chi connectivity index (χ4n) is 5.97. The molecular formula is C23H28FN10O9PS. The second-order valence-corrected chi connectivity index (χ2v) is 13.7. The van der Waals surface area contributed by atoms with Crippen LogP contribution in [0.3, 0.4) is 0 Å². The molecule has 1 unspecified atom stereocenters. The van der Waals surface area contributed by atoms with Crippen LogP contribution >= 0.6 is 6.72 Å². The van der Waals surface area contributed by atoms with Crippen molar-refractivity contribution in [1.29, 1.82) is 0 Å². The maximum atomic E-state index is 16.1. The topological polar surface area (TPSA) is 266 Å². The minimum Gasteiger partial charge on any atom is -0.396 e. The fourth-order valence-corrected chi connectivity index (χ4v) is 7.44. The molecule has 3 fully saturated rings. The third-order valence-electron chi connectivity index (χ3n) is 8.21. The fraction of sp³-hybridized carbons (Fsp3) is 0.565. The van der Waals surface area contributed by atoms with Gasteiger partial charge in [0, 0.05) is 19.4 Å². The van der Waals surface area contributed by atoms with Crippen LogP contribution in [0, 0.1) is 0 Å². The molecule has 0 saturated carbocycles. The number of hydrogen-bond acceptors (Lipinski definition) is 16. The van der Waals surface area contributed by atoms with Crippen molar-refractivity contribution in [3.63, 3.8) is 0 Å². The number of aromatic nitrogens is 8. The Hall–Kier alpha value is -3.24. The molecular weight excluding hydrogens is 642 g/mol. The number of H-pyrrole nitrogens is 1. The second-order valence-electron chi connectivity index (χ2n) is 10.9. The van der Waals surface area contributed by atoms with Crippen molar-refractivity contribution >= 4 is 52.6 Å². The van der Waals surface area contributed by atoms with Gasteiger partial charge in [-0.3, -0.25) is 23.4 Å². The predicted molar refractivity (Wildman–Crippen MR) is 153 cm³/mol. The van der Waals surface area contributed by atoms with Gasteiger partial charge in [-0.2, -0.15) is 4.98 Å². The summed E-state index contributed by atoms with van der Waals surface area (Å²) in [7, 11) is 0. The maximum absolute atomic E-state index is 16.1. The van der Waals surface area contributed by atoms with Gasteiger partial charge in [0.15, 0.2) is 40.8 Å². The first-order valence-corrected chi connectivity index (χ1v) is 16.2. The van der Waals surface area contributed by atoms with Crippen LogP contribution in [-0.4, -0.2) is 110 Å². The Morgan fingerprint density at radius 2 is 1.87 bits per heavy atom. The Labute approximate surface area is 256 Å². The molecule has 3 saturated heterocycles. The number of hydrogen-bond donors (Lipinski definition) is 6. The molecule has 4 aromatic heterocycles. The van der Waals surface area contributed by atoms with Crippen molar-refractivity contribution < 1.29 is 42.8 Å². The Kier molecular flexibility index (Phi) is 7.39. The van der Waals surface area contributed by atoms with Crippen LogP contribution in [0.25, 0.3) is 22.3 Å². The van der Waals surface area contributed by atoms with Crippen molar-refractivity contribution in [1.82, 2.24) is 39.0 Å². The van der Waals surface area contributed by atoms with E-state index in [-0.39, 0.29) is 42.6 Å². The molecule has 3 aliphatic heterocycles. The van der Waals surface area contributed by atoms with Gasteiger partial charge in [0.2, 0.25) is 5.95 Å². The minimum absolute atomic E-state index is 0.00731. The third kappa shape index (κ3) is 4.99. The van der Waals surface area contributed by atoms with E-state index >= 15 is 4.39 Å². The van der Waals surface area contributed by atoms with Crippen LogP contribution in [0.1, 0.15) is 25.3 Å². The summed E-state index contributed by atoms with van der Waals surface area (Å²) in [5, 5.41) is 20.6. The number of ether oxygens (including phenoxy) is 3. The number of nitrogens with zero attached hydrogens (tertiary/aromatic N) is 7. The zero-order chi connectivity index (χ0) is 31.7. The SMILES string of the molecule is Nc1nc2c(ncn2[C@@H]2OC[C@](F)(CCO)[C@H]2OP(O)(=S)OCC[C@@]23CO[C@@H]([C@H](n4cnc5c(N)ncnc54)O2)[C@@H]3O)c(=O)[nH]1. The van der Waals surface area contributed by atoms with E-state index in [1.165, 1.54) is 23.5 Å². The molecule has 2 bridgehead atoms. The van der Waals surface area contributed by atoms with Crippen LogP contribution < -0.4 is 17.0 Å². The molecule has 0 spiro atoms. The van der Waals surface area contributed by atoms with Crippen LogP contribution in [-0.2, 0) is 35.1 Å². The molecule has 7 heterocycles. The molecule has 45 heavy (non-hydrogen) atoms. The second kappa shape index (κ2) is 10.9. The number of aliphatic hydroxyl groups excluding tert-OH is 2. The zero-order valence-electron chi connectivity index (χ0n) is 23.2. The predicted octanol–water partition coefficient (Wildman–Crippen LogP) is -1.22. The molecule has 4 aromatic rings. The zero-order valence-corrected chi connectivity index (χ0v) is 24.9. The standard InChI is InChI=1S/C23H28FN10O9PS/c24-22(1-3-35)5-40-20(34-9-30-11-17(34)31-21(26)32-18(11)37)14(22)43-44(38,45)41-4-2-23-6-39-12(13(23)36)19(42-23)33-8-29-10-15(25)27-7-28-16(10)33/h7-9,12-14,19-20,35-36H,1-6H2,(H,38,45)(H2,25,27,28)(H3,26,31,32,37)/t12-,13+,14+,19-,20-,22-,23+,44?/m1/s1. The average Bonchev–Trinajstić information content (AvgIpc) is 3.78. The van der Waals surface area contributed by atoms with Crippen molar-refractivity contribution in [2.75, 3.05) is 37.9 Å². The number of aromatic amines is 1. The molecule has 8 atom stereocenters. The molecule has 0 aromatic carbocycles. The molecule has 22 heteroatoms. The van der Waals surface area contributed by atoms with Crippen molar-refractivity contribution in [3.05, 3.63) is 29.3 Å². The number of nitrogens with one attached hydrogen (secondary N) is 1. The lowest BCUT2D eigenvalue weighted by Crippen LogP contribution is -2.42. The lowest BCUT2D eigenvalue weighted by Gasteiger charge is -2.33. The summed E-state index contributed by atoms with van der Waals surface area (Å²) < 4.78 is 48.0. The first kappa shape index (κ1) is 30.4. The van der Waals surface area contributed by atoms with E-state index in [9.17, 15) is 19.9 Å². The van der Waals surface area contributed by atoms with Gasteiger partial charge in [-0.1, -0.05) is 0 Å². The minimum atomic E-state index is -4.21. The number of aliphatic hydroxyl groups is 2. The molecule has 19 nitrogen and oxygen atoms in total. The van der Waals surface area contributed by atoms with E-state index in [0.717, 1.165) is 0 Å². The van der Waals surface area contributed by atoms with Gasteiger partial charge >= 0.3 is 6.72 Å². The van der Waals surface area contributed by atoms with E-state index in [1.54, 1.807) is 4.57 Å².